The minimum Gasteiger partial charge on any atom is -0.507 e. The molecule has 5 N–H and O–H groups in total. The van der Waals surface area contributed by atoms with Crippen LogP contribution in [0.15, 0.2) is 30.3 Å². The van der Waals surface area contributed by atoms with Crippen molar-refractivity contribution in [1.82, 2.24) is 0 Å². The third-order valence-corrected chi connectivity index (χ3v) is 2.63. The van der Waals surface area contributed by atoms with Gasteiger partial charge < -0.3 is 21.1 Å². The lowest BCUT2D eigenvalue weighted by Gasteiger charge is -2.09. The van der Waals surface area contributed by atoms with Crippen LogP contribution in [0, 0.1) is 0 Å². The summed E-state index contributed by atoms with van der Waals surface area (Å²) < 4.78 is 0. The lowest BCUT2D eigenvalue weighted by atomic mass is 10.0. The smallest absolute Gasteiger partial charge is 0.139 e. The predicted octanol–water partition coefficient (Wildman–Crippen LogP) is 2.71. The number of phenols is 3. The Morgan fingerprint density at radius 2 is 1.47 bits per heavy atom. The van der Waals surface area contributed by atoms with Crippen molar-refractivity contribution in [3.8, 4) is 28.4 Å². The van der Waals surface area contributed by atoms with E-state index in [1.807, 2.05) is 0 Å². The van der Waals surface area contributed by atoms with Gasteiger partial charge in [0.1, 0.15) is 17.2 Å². The minimum atomic E-state index is -0.169. The van der Waals surface area contributed by atoms with Gasteiger partial charge in [-0.15, -0.1) is 0 Å². The predicted molar refractivity (Wildman–Crippen MR) is 66.3 cm³/mol. The standard InChI is InChI=1S/C12H10ClNO3/c13-6-1-2-10(15)7(3-6)8-4-12(17)9(14)5-11(8)16/h1-5,15-17H,14H2. The molecule has 0 heterocycles. The maximum atomic E-state index is 9.74. The van der Waals surface area contributed by atoms with Crippen molar-refractivity contribution in [2.75, 3.05) is 5.73 Å². The van der Waals surface area contributed by atoms with E-state index in [0.717, 1.165) is 0 Å². The van der Waals surface area contributed by atoms with Gasteiger partial charge in [-0.05, 0) is 24.3 Å². The molecule has 0 fully saturated rings. The molecule has 0 atom stereocenters. The van der Waals surface area contributed by atoms with E-state index >= 15 is 0 Å². The normalized spacial score (nSPS) is 10.4. The number of anilines is 1. The van der Waals surface area contributed by atoms with Crippen LogP contribution in [0.1, 0.15) is 0 Å². The highest BCUT2D eigenvalue weighted by Crippen LogP contribution is 2.40. The second-order valence-electron chi connectivity index (χ2n) is 3.59. The number of hydrogen-bond acceptors (Lipinski definition) is 4. The number of nitrogen functional groups attached to an aromatic ring is 1. The van der Waals surface area contributed by atoms with Gasteiger partial charge in [-0.2, -0.15) is 0 Å². The fourth-order valence-electron chi connectivity index (χ4n) is 1.53. The van der Waals surface area contributed by atoms with Crippen molar-refractivity contribution >= 4 is 17.3 Å². The van der Waals surface area contributed by atoms with Gasteiger partial charge in [0.2, 0.25) is 0 Å². The molecular formula is C12H10ClNO3. The highest BCUT2D eigenvalue weighted by molar-refractivity contribution is 6.31. The third-order valence-electron chi connectivity index (χ3n) is 2.39. The van der Waals surface area contributed by atoms with Crippen LogP contribution in [0.3, 0.4) is 0 Å². The largest absolute Gasteiger partial charge is 0.507 e. The SMILES string of the molecule is Nc1cc(O)c(-c2cc(Cl)ccc2O)cc1O. The second kappa shape index (κ2) is 4.07. The van der Waals surface area contributed by atoms with Crippen molar-refractivity contribution in [2.45, 2.75) is 0 Å². The first kappa shape index (κ1) is 11.4. The third kappa shape index (κ3) is 2.07. The van der Waals surface area contributed by atoms with Crippen LogP contribution in [0.2, 0.25) is 5.02 Å². The molecule has 0 spiro atoms. The molecule has 0 bridgehead atoms. The molecule has 0 saturated carbocycles. The molecule has 17 heavy (non-hydrogen) atoms. The van der Waals surface area contributed by atoms with Gasteiger partial charge in [0.05, 0.1) is 5.69 Å². The Morgan fingerprint density at radius 1 is 0.824 bits per heavy atom. The van der Waals surface area contributed by atoms with Gasteiger partial charge in [-0.1, -0.05) is 11.6 Å². The summed E-state index contributed by atoms with van der Waals surface area (Å²) >= 11 is 5.81. The molecule has 0 unspecified atom stereocenters. The maximum Gasteiger partial charge on any atom is 0.139 e. The van der Waals surface area contributed by atoms with E-state index in [-0.39, 0.29) is 28.5 Å². The summed E-state index contributed by atoms with van der Waals surface area (Å²) in [4.78, 5) is 0. The van der Waals surface area contributed by atoms with Crippen LogP contribution < -0.4 is 5.73 Å². The Bertz CT molecular complexity index is 584. The van der Waals surface area contributed by atoms with E-state index in [0.29, 0.717) is 10.6 Å². The quantitative estimate of drug-likeness (QED) is 0.357. The zero-order valence-electron chi connectivity index (χ0n) is 8.68. The van der Waals surface area contributed by atoms with Crippen molar-refractivity contribution in [1.29, 1.82) is 0 Å². The van der Waals surface area contributed by atoms with Crippen LogP contribution in [-0.2, 0) is 0 Å². The van der Waals surface area contributed by atoms with Crippen LogP contribution in [0.5, 0.6) is 17.2 Å². The van der Waals surface area contributed by atoms with Gasteiger partial charge in [-0.3, -0.25) is 0 Å². The fraction of sp³-hybridized carbons (Fsp3) is 0. The number of hydrogen-bond donors (Lipinski definition) is 4. The van der Waals surface area contributed by atoms with E-state index in [9.17, 15) is 15.3 Å². The number of halogens is 1. The lowest BCUT2D eigenvalue weighted by Crippen LogP contribution is -1.88. The molecule has 4 nitrogen and oxygen atoms in total. The highest BCUT2D eigenvalue weighted by Gasteiger charge is 2.12. The Balaban J connectivity index is 2.68. The van der Waals surface area contributed by atoms with Crippen molar-refractivity contribution < 1.29 is 15.3 Å². The lowest BCUT2D eigenvalue weighted by molar-refractivity contribution is 0.461. The van der Waals surface area contributed by atoms with E-state index in [2.05, 4.69) is 0 Å². The number of aromatic hydroxyl groups is 3. The first-order valence-corrected chi connectivity index (χ1v) is 5.17. The minimum absolute atomic E-state index is 0.0473. The summed E-state index contributed by atoms with van der Waals surface area (Å²) in [7, 11) is 0. The number of nitrogens with two attached hydrogens (primary N) is 1. The zero-order valence-corrected chi connectivity index (χ0v) is 9.44. The summed E-state index contributed by atoms with van der Waals surface area (Å²) in [6, 6.07) is 6.90. The molecule has 0 aromatic heterocycles. The zero-order chi connectivity index (χ0) is 12.6. The molecule has 2 aromatic rings. The van der Waals surface area contributed by atoms with E-state index in [1.165, 1.54) is 30.3 Å². The first-order valence-electron chi connectivity index (χ1n) is 4.79. The average molecular weight is 252 g/mol. The molecule has 0 aliphatic carbocycles. The van der Waals surface area contributed by atoms with E-state index < -0.39 is 0 Å². The Labute approximate surface area is 103 Å². The summed E-state index contributed by atoms with van der Waals surface area (Å²) in [6.45, 7) is 0. The average Bonchev–Trinajstić information content (AvgIpc) is 2.27. The highest BCUT2D eigenvalue weighted by atomic mass is 35.5. The van der Waals surface area contributed by atoms with Crippen molar-refractivity contribution in [2.24, 2.45) is 0 Å². The van der Waals surface area contributed by atoms with Gasteiger partial charge >= 0.3 is 0 Å². The molecule has 0 aliphatic heterocycles. The molecule has 0 radical (unpaired) electrons. The summed E-state index contributed by atoms with van der Waals surface area (Å²) in [5.74, 6) is -0.357. The summed E-state index contributed by atoms with van der Waals surface area (Å²) in [5, 5.41) is 29.3. The number of benzene rings is 2. The van der Waals surface area contributed by atoms with Crippen LogP contribution >= 0.6 is 11.6 Å². The molecule has 5 heteroatoms. The van der Waals surface area contributed by atoms with Crippen LogP contribution in [0.25, 0.3) is 11.1 Å². The molecular weight excluding hydrogens is 242 g/mol. The first-order chi connectivity index (χ1) is 7.99. The molecule has 0 amide bonds. The van der Waals surface area contributed by atoms with Gasteiger partial charge in [-0.25, -0.2) is 0 Å². The molecule has 0 aliphatic rings. The Kier molecular flexibility index (Phi) is 2.73. The summed E-state index contributed by atoms with van der Waals surface area (Å²) in [6.07, 6.45) is 0. The van der Waals surface area contributed by atoms with E-state index in [1.54, 1.807) is 0 Å². The molecule has 2 rings (SSSR count). The second-order valence-corrected chi connectivity index (χ2v) is 4.03. The monoisotopic (exact) mass is 251 g/mol. The number of phenolic OH excluding ortho intramolecular Hbond substituents is 3. The maximum absolute atomic E-state index is 9.74. The van der Waals surface area contributed by atoms with Gasteiger partial charge in [0.15, 0.2) is 0 Å². The van der Waals surface area contributed by atoms with Gasteiger partial charge in [0.25, 0.3) is 0 Å². The summed E-state index contributed by atoms with van der Waals surface area (Å²) in [5.41, 5.74) is 6.08. The van der Waals surface area contributed by atoms with Gasteiger partial charge in [0, 0.05) is 22.2 Å². The fourth-order valence-corrected chi connectivity index (χ4v) is 1.70. The van der Waals surface area contributed by atoms with Crippen molar-refractivity contribution in [3.05, 3.63) is 35.4 Å². The number of rotatable bonds is 1. The molecule has 0 saturated heterocycles. The van der Waals surface area contributed by atoms with Crippen molar-refractivity contribution in [3.63, 3.8) is 0 Å². The molecule has 88 valence electrons. The topological polar surface area (TPSA) is 86.7 Å². The Hall–Kier alpha value is -2.07. The van der Waals surface area contributed by atoms with E-state index in [4.69, 9.17) is 17.3 Å². The van der Waals surface area contributed by atoms with Crippen LogP contribution in [0.4, 0.5) is 5.69 Å². The molecule has 2 aromatic carbocycles. The Morgan fingerprint density at radius 3 is 2.18 bits per heavy atom. The van der Waals surface area contributed by atoms with Crippen LogP contribution in [-0.4, -0.2) is 15.3 Å².